The summed E-state index contributed by atoms with van der Waals surface area (Å²) < 4.78 is 5.70. The van der Waals surface area contributed by atoms with Gasteiger partial charge in [0, 0.05) is 5.38 Å². The Balaban J connectivity index is 2.07. The number of ether oxygens (including phenoxy) is 1. The van der Waals surface area contributed by atoms with E-state index in [1.807, 2.05) is 42.6 Å². The Morgan fingerprint density at radius 3 is 2.67 bits per heavy atom. The summed E-state index contributed by atoms with van der Waals surface area (Å²) in [4.78, 5) is 4.18. The Morgan fingerprint density at radius 2 is 2.07 bits per heavy atom. The standard InChI is InChI=1S/C11H12N2OS/c1-8(10-7-15-11(12)13-10)14-9-5-3-2-4-6-9/h2-8H,1H3,(H2,12,13)/t8-/m1/s1. The average Bonchev–Trinajstić information content (AvgIpc) is 2.66. The maximum atomic E-state index is 5.70. The van der Waals surface area contributed by atoms with Crippen LogP contribution in [0, 0.1) is 0 Å². The van der Waals surface area contributed by atoms with Crippen LogP contribution in [0.25, 0.3) is 0 Å². The third-order valence-electron chi connectivity index (χ3n) is 2.01. The molecule has 1 aromatic heterocycles. The summed E-state index contributed by atoms with van der Waals surface area (Å²) in [5.74, 6) is 0.844. The number of thiazole rings is 1. The molecule has 0 amide bonds. The molecule has 0 unspecified atom stereocenters. The zero-order valence-electron chi connectivity index (χ0n) is 8.38. The minimum Gasteiger partial charge on any atom is -0.484 e. The third-order valence-corrected chi connectivity index (χ3v) is 2.70. The van der Waals surface area contributed by atoms with Crippen LogP contribution < -0.4 is 10.5 Å². The number of nitrogens with two attached hydrogens (primary N) is 1. The summed E-state index contributed by atoms with van der Waals surface area (Å²) in [6.45, 7) is 1.96. The summed E-state index contributed by atoms with van der Waals surface area (Å²) in [5.41, 5.74) is 6.44. The lowest BCUT2D eigenvalue weighted by atomic mass is 10.3. The van der Waals surface area contributed by atoms with E-state index in [2.05, 4.69) is 4.98 Å². The lowest BCUT2D eigenvalue weighted by Crippen LogP contribution is -2.03. The predicted molar refractivity (Wildman–Crippen MR) is 62.0 cm³/mol. The number of anilines is 1. The van der Waals surface area contributed by atoms with Crippen molar-refractivity contribution in [3.63, 3.8) is 0 Å². The van der Waals surface area contributed by atoms with Crippen molar-refractivity contribution in [2.75, 3.05) is 5.73 Å². The number of nitrogen functional groups attached to an aromatic ring is 1. The van der Waals surface area contributed by atoms with E-state index in [-0.39, 0.29) is 6.10 Å². The van der Waals surface area contributed by atoms with Gasteiger partial charge in [0.05, 0.1) is 5.69 Å². The fourth-order valence-corrected chi connectivity index (χ4v) is 1.89. The van der Waals surface area contributed by atoms with Gasteiger partial charge in [-0.25, -0.2) is 4.98 Å². The summed E-state index contributed by atoms with van der Waals surface area (Å²) in [6, 6.07) is 9.69. The topological polar surface area (TPSA) is 48.1 Å². The molecule has 0 saturated heterocycles. The van der Waals surface area contributed by atoms with Crippen LogP contribution in [0.4, 0.5) is 5.13 Å². The predicted octanol–water partition coefficient (Wildman–Crippen LogP) is 2.87. The first-order valence-corrected chi connectivity index (χ1v) is 5.56. The Hall–Kier alpha value is -1.55. The molecule has 0 aliphatic carbocycles. The monoisotopic (exact) mass is 220 g/mol. The van der Waals surface area contributed by atoms with Crippen molar-refractivity contribution in [3.8, 4) is 5.75 Å². The number of rotatable bonds is 3. The summed E-state index contributed by atoms with van der Waals surface area (Å²) >= 11 is 1.43. The van der Waals surface area contributed by atoms with Gasteiger partial charge in [-0.2, -0.15) is 0 Å². The molecular formula is C11H12N2OS. The molecule has 2 aromatic rings. The maximum absolute atomic E-state index is 5.70. The van der Waals surface area contributed by atoms with Gasteiger partial charge >= 0.3 is 0 Å². The Bertz CT molecular complexity index is 427. The van der Waals surface area contributed by atoms with E-state index in [1.54, 1.807) is 0 Å². The second-order valence-electron chi connectivity index (χ2n) is 3.18. The zero-order valence-corrected chi connectivity index (χ0v) is 9.20. The molecular weight excluding hydrogens is 208 g/mol. The molecule has 0 saturated carbocycles. The van der Waals surface area contributed by atoms with Crippen molar-refractivity contribution >= 4 is 16.5 Å². The highest BCUT2D eigenvalue weighted by Gasteiger charge is 2.10. The molecule has 1 aromatic carbocycles. The lowest BCUT2D eigenvalue weighted by molar-refractivity contribution is 0.223. The molecule has 0 radical (unpaired) electrons. The van der Waals surface area contributed by atoms with E-state index in [0.717, 1.165) is 11.4 Å². The second-order valence-corrected chi connectivity index (χ2v) is 4.07. The minimum absolute atomic E-state index is 0.0686. The maximum Gasteiger partial charge on any atom is 0.180 e. The average molecular weight is 220 g/mol. The van der Waals surface area contributed by atoms with Crippen LogP contribution in [-0.2, 0) is 0 Å². The van der Waals surface area contributed by atoms with Crippen molar-refractivity contribution in [1.29, 1.82) is 0 Å². The van der Waals surface area contributed by atoms with Crippen LogP contribution in [0.1, 0.15) is 18.7 Å². The highest BCUT2D eigenvalue weighted by Crippen LogP contribution is 2.23. The van der Waals surface area contributed by atoms with Crippen LogP contribution in [0.15, 0.2) is 35.7 Å². The van der Waals surface area contributed by atoms with Crippen molar-refractivity contribution < 1.29 is 4.74 Å². The summed E-state index contributed by atoms with van der Waals surface area (Å²) in [6.07, 6.45) is -0.0686. The lowest BCUT2D eigenvalue weighted by Gasteiger charge is -2.11. The van der Waals surface area contributed by atoms with E-state index in [0.29, 0.717) is 5.13 Å². The second kappa shape index (κ2) is 4.31. The van der Waals surface area contributed by atoms with Gasteiger partial charge < -0.3 is 10.5 Å². The van der Waals surface area contributed by atoms with Gasteiger partial charge in [-0.1, -0.05) is 18.2 Å². The smallest absolute Gasteiger partial charge is 0.180 e. The summed E-state index contributed by atoms with van der Waals surface area (Å²) in [5, 5.41) is 2.50. The van der Waals surface area contributed by atoms with E-state index in [1.165, 1.54) is 11.3 Å². The molecule has 1 heterocycles. The van der Waals surface area contributed by atoms with Crippen LogP contribution in [0.5, 0.6) is 5.75 Å². The van der Waals surface area contributed by atoms with E-state index < -0.39 is 0 Å². The van der Waals surface area contributed by atoms with Gasteiger partial charge in [0.25, 0.3) is 0 Å². The Labute approximate surface area is 92.5 Å². The molecule has 1 atom stereocenters. The van der Waals surface area contributed by atoms with Crippen LogP contribution in [0.2, 0.25) is 0 Å². The summed E-state index contributed by atoms with van der Waals surface area (Å²) in [7, 11) is 0. The normalized spacial score (nSPS) is 12.3. The molecule has 0 bridgehead atoms. The van der Waals surface area contributed by atoms with Gasteiger partial charge in [0.2, 0.25) is 0 Å². The molecule has 2 rings (SSSR count). The number of benzene rings is 1. The number of aromatic nitrogens is 1. The van der Waals surface area contributed by atoms with Crippen molar-refractivity contribution in [2.24, 2.45) is 0 Å². The molecule has 2 N–H and O–H groups in total. The van der Waals surface area contributed by atoms with Gasteiger partial charge in [-0.15, -0.1) is 11.3 Å². The first-order valence-electron chi connectivity index (χ1n) is 4.68. The molecule has 3 nitrogen and oxygen atoms in total. The SMILES string of the molecule is C[C@@H](Oc1ccccc1)c1csc(N)n1. The Kier molecular flexibility index (Phi) is 2.87. The number of nitrogens with zero attached hydrogens (tertiary/aromatic N) is 1. The van der Waals surface area contributed by atoms with Crippen LogP contribution >= 0.6 is 11.3 Å². The van der Waals surface area contributed by atoms with Gasteiger partial charge in [-0.05, 0) is 19.1 Å². The largest absolute Gasteiger partial charge is 0.484 e. The first-order chi connectivity index (χ1) is 7.25. The van der Waals surface area contributed by atoms with Gasteiger partial charge in [-0.3, -0.25) is 0 Å². The highest BCUT2D eigenvalue weighted by atomic mass is 32.1. The van der Waals surface area contributed by atoms with Crippen LogP contribution in [0.3, 0.4) is 0 Å². The molecule has 4 heteroatoms. The van der Waals surface area contributed by atoms with Crippen molar-refractivity contribution in [2.45, 2.75) is 13.0 Å². The fourth-order valence-electron chi connectivity index (χ4n) is 1.25. The third kappa shape index (κ3) is 2.47. The highest BCUT2D eigenvalue weighted by molar-refractivity contribution is 7.13. The minimum atomic E-state index is -0.0686. The molecule has 78 valence electrons. The number of hydrogen-bond acceptors (Lipinski definition) is 4. The van der Waals surface area contributed by atoms with Gasteiger partial charge in [0.15, 0.2) is 5.13 Å². The van der Waals surface area contributed by atoms with E-state index >= 15 is 0 Å². The molecule has 15 heavy (non-hydrogen) atoms. The Morgan fingerprint density at radius 1 is 1.33 bits per heavy atom. The fraction of sp³-hybridized carbons (Fsp3) is 0.182. The molecule has 0 spiro atoms. The number of hydrogen-bond donors (Lipinski definition) is 1. The molecule has 0 aliphatic rings. The zero-order chi connectivity index (χ0) is 10.7. The van der Waals surface area contributed by atoms with Crippen LogP contribution in [-0.4, -0.2) is 4.98 Å². The van der Waals surface area contributed by atoms with E-state index in [9.17, 15) is 0 Å². The number of para-hydroxylation sites is 1. The van der Waals surface area contributed by atoms with E-state index in [4.69, 9.17) is 10.5 Å². The molecule has 0 fully saturated rings. The van der Waals surface area contributed by atoms with Crippen molar-refractivity contribution in [1.82, 2.24) is 4.98 Å². The quantitative estimate of drug-likeness (QED) is 0.865. The first kappa shape index (κ1) is 9.98. The van der Waals surface area contributed by atoms with Crippen molar-refractivity contribution in [3.05, 3.63) is 41.4 Å². The van der Waals surface area contributed by atoms with Gasteiger partial charge in [0.1, 0.15) is 11.9 Å². The molecule has 0 aliphatic heterocycles.